The SMILES string of the molecule is Cn1nccc1Nc1nccc(-c2ccc3c(c2)nnn3CC(C)(F)F)n1. The van der Waals surface area contributed by atoms with Crippen LogP contribution in [0.1, 0.15) is 6.92 Å². The summed E-state index contributed by atoms with van der Waals surface area (Å²) in [4.78, 5) is 8.70. The molecular formula is C17H16F2N8. The fraction of sp³-hybridized carbons (Fsp3) is 0.235. The first-order valence-electron chi connectivity index (χ1n) is 8.19. The summed E-state index contributed by atoms with van der Waals surface area (Å²) < 4.78 is 29.4. The Balaban J connectivity index is 1.64. The van der Waals surface area contributed by atoms with Gasteiger partial charge in [0, 0.05) is 31.8 Å². The molecule has 0 unspecified atom stereocenters. The third-order valence-electron chi connectivity index (χ3n) is 3.95. The molecule has 27 heavy (non-hydrogen) atoms. The van der Waals surface area contributed by atoms with Crippen molar-refractivity contribution in [2.24, 2.45) is 7.05 Å². The maximum Gasteiger partial charge on any atom is 0.264 e. The summed E-state index contributed by atoms with van der Waals surface area (Å²) >= 11 is 0. The average Bonchev–Trinajstić information content (AvgIpc) is 3.20. The van der Waals surface area contributed by atoms with E-state index in [2.05, 4.69) is 30.7 Å². The lowest BCUT2D eigenvalue weighted by molar-refractivity contribution is 0.00130. The molecule has 1 N–H and O–H groups in total. The van der Waals surface area contributed by atoms with Gasteiger partial charge in [0.15, 0.2) is 0 Å². The van der Waals surface area contributed by atoms with Crippen LogP contribution in [0.4, 0.5) is 20.5 Å². The van der Waals surface area contributed by atoms with Gasteiger partial charge in [-0.3, -0.25) is 4.68 Å². The zero-order valence-corrected chi connectivity index (χ0v) is 14.6. The number of nitrogens with one attached hydrogen (secondary N) is 1. The van der Waals surface area contributed by atoms with Crippen LogP contribution in [0.25, 0.3) is 22.3 Å². The Morgan fingerprint density at radius 2 is 2.00 bits per heavy atom. The zero-order chi connectivity index (χ0) is 19.0. The van der Waals surface area contributed by atoms with Crippen molar-refractivity contribution in [1.82, 2.24) is 34.7 Å². The topological polar surface area (TPSA) is 86.3 Å². The van der Waals surface area contributed by atoms with Gasteiger partial charge in [-0.25, -0.2) is 23.4 Å². The van der Waals surface area contributed by atoms with E-state index in [1.165, 1.54) is 4.68 Å². The summed E-state index contributed by atoms with van der Waals surface area (Å²) in [6, 6.07) is 8.85. The van der Waals surface area contributed by atoms with E-state index in [1.807, 2.05) is 13.1 Å². The van der Waals surface area contributed by atoms with Crippen molar-refractivity contribution in [3.63, 3.8) is 0 Å². The van der Waals surface area contributed by atoms with Crippen LogP contribution in [-0.4, -0.2) is 40.7 Å². The van der Waals surface area contributed by atoms with E-state index in [0.717, 1.165) is 18.3 Å². The molecule has 0 bridgehead atoms. The zero-order valence-electron chi connectivity index (χ0n) is 14.6. The van der Waals surface area contributed by atoms with Crippen LogP contribution in [0, 0.1) is 0 Å². The lowest BCUT2D eigenvalue weighted by Gasteiger charge is -2.10. The second kappa shape index (κ2) is 6.38. The summed E-state index contributed by atoms with van der Waals surface area (Å²) in [6.07, 6.45) is 3.31. The molecule has 0 fully saturated rings. The number of anilines is 2. The molecule has 0 saturated carbocycles. The molecule has 0 spiro atoms. The predicted molar refractivity (Wildman–Crippen MR) is 95.7 cm³/mol. The fourth-order valence-corrected chi connectivity index (χ4v) is 2.70. The van der Waals surface area contributed by atoms with Gasteiger partial charge in [-0.1, -0.05) is 11.3 Å². The molecule has 1 aromatic carbocycles. The van der Waals surface area contributed by atoms with Crippen molar-refractivity contribution in [2.75, 3.05) is 5.32 Å². The highest BCUT2D eigenvalue weighted by Gasteiger charge is 2.23. The predicted octanol–water partition coefficient (Wildman–Crippen LogP) is 3.02. The third kappa shape index (κ3) is 3.59. The van der Waals surface area contributed by atoms with Crippen LogP contribution < -0.4 is 5.32 Å². The first-order valence-corrected chi connectivity index (χ1v) is 8.19. The van der Waals surface area contributed by atoms with Gasteiger partial charge in [0.1, 0.15) is 17.9 Å². The smallest absolute Gasteiger partial charge is 0.264 e. The van der Waals surface area contributed by atoms with Crippen molar-refractivity contribution in [3.05, 3.63) is 42.7 Å². The fourth-order valence-electron chi connectivity index (χ4n) is 2.70. The van der Waals surface area contributed by atoms with Gasteiger partial charge in [0.25, 0.3) is 5.92 Å². The maximum absolute atomic E-state index is 13.3. The van der Waals surface area contributed by atoms with Crippen LogP contribution in [0.3, 0.4) is 0 Å². The van der Waals surface area contributed by atoms with Gasteiger partial charge in [-0.05, 0) is 18.2 Å². The van der Waals surface area contributed by atoms with E-state index >= 15 is 0 Å². The van der Waals surface area contributed by atoms with Crippen LogP contribution in [0.15, 0.2) is 42.7 Å². The Morgan fingerprint density at radius 1 is 1.15 bits per heavy atom. The van der Waals surface area contributed by atoms with Crippen molar-refractivity contribution in [2.45, 2.75) is 19.4 Å². The Morgan fingerprint density at radius 3 is 2.74 bits per heavy atom. The number of nitrogens with zero attached hydrogens (tertiary/aromatic N) is 7. The van der Waals surface area contributed by atoms with Gasteiger partial charge in [0.2, 0.25) is 5.95 Å². The molecule has 0 aliphatic rings. The lowest BCUT2D eigenvalue weighted by atomic mass is 10.1. The third-order valence-corrected chi connectivity index (χ3v) is 3.95. The Labute approximate surface area is 152 Å². The van der Waals surface area contributed by atoms with Crippen LogP contribution in [0.5, 0.6) is 0 Å². The van der Waals surface area contributed by atoms with E-state index in [-0.39, 0.29) is 0 Å². The molecule has 0 amide bonds. The molecule has 10 heteroatoms. The minimum absolute atomic E-state index is 0.422. The minimum atomic E-state index is -2.86. The summed E-state index contributed by atoms with van der Waals surface area (Å²) in [6.45, 7) is 0.335. The summed E-state index contributed by atoms with van der Waals surface area (Å²) in [7, 11) is 1.81. The van der Waals surface area contributed by atoms with Crippen molar-refractivity contribution < 1.29 is 8.78 Å². The highest BCUT2D eigenvalue weighted by atomic mass is 19.3. The molecule has 138 valence electrons. The molecular weight excluding hydrogens is 354 g/mol. The van der Waals surface area contributed by atoms with Crippen LogP contribution in [-0.2, 0) is 13.6 Å². The number of aryl methyl sites for hydroxylation is 1. The molecule has 0 atom stereocenters. The van der Waals surface area contributed by atoms with E-state index in [1.54, 1.807) is 41.3 Å². The molecule has 8 nitrogen and oxygen atoms in total. The number of hydrogen-bond acceptors (Lipinski definition) is 6. The second-order valence-corrected chi connectivity index (χ2v) is 6.25. The summed E-state index contributed by atoms with van der Waals surface area (Å²) in [5, 5.41) is 15.0. The Bertz CT molecular complexity index is 1100. The van der Waals surface area contributed by atoms with Gasteiger partial charge in [-0.15, -0.1) is 5.10 Å². The van der Waals surface area contributed by atoms with Crippen LogP contribution in [0.2, 0.25) is 0 Å². The Kier molecular flexibility index (Phi) is 4.02. The molecule has 0 aliphatic heterocycles. The van der Waals surface area contributed by atoms with E-state index in [9.17, 15) is 8.78 Å². The normalized spacial score (nSPS) is 11.9. The molecule has 0 saturated heterocycles. The molecule has 4 rings (SSSR count). The minimum Gasteiger partial charge on any atom is -0.309 e. The van der Waals surface area contributed by atoms with E-state index in [4.69, 9.17) is 0 Å². The quantitative estimate of drug-likeness (QED) is 0.581. The van der Waals surface area contributed by atoms with Gasteiger partial charge in [0.05, 0.1) is 17.4 Å². The van der Waals surface area contributed by atoms with Crippen molar-refractivity contribution in [1.29, 1.82) is 0 Å². The standard InChI is InChI=1S/C17H16F2N8/c1-17(18,19)10-27-14-4-3-11(9-13(14)24-25-27)12-5-7-20-16(22-12)23-15-6-8-21-26(15)2/h3-9H,10H2,1-2H3,(H,20,22,23). The Hall–Kier alpha value is -3.43. The maximum atomic E-state index is 13.3. The van der Waals surface area contributed by atoms with Gasteiger partial charge in [-0.2, -0.15) is 5.10 Å². The second-order valence-electron chi connectivity index (χ2n) is 6.25. The monoisotopic (exact) mass is 370 g/mol. The number of fused-ring (bicyclic) bond motifs is 1. The average molecular weight is 370 g/mol. The summed E-state index contributed by atoms with van der Waals surface area (Å²) in [5.41, 5.74) is 2.53. The molecule has 3 aromatic heterocycles. The number of halogens is 2. The van der Waals surface area contributed by atoms with Crippen LogP contribution >= 0.6 is 0 Å². The highest BCUT2D eigenvalue weighted by molar-refractivity contribution is 5.80. The van der Waals surface area contributed by atoms with Gasteiger partial charge < -0.3 is 5.32 Å². The van der Waals surface area contributed by atoms with Crippen molar-refractivity contribution in [3.8, 4) is 11.3 Å². The number of hydrogen-bond donors (Lipinski definition) is 1. The summed E-state index contributed by atoms with van der Waals surface area (Å²) in [5.74, 6) is -1.69. The molecule has 0 radical (unpaired) electrons. The number of alkyl halides is 2. The first-order chi connectivity index (χ1) is 12.9. The number of benzene rings is 1. The first kappa shape index (κ1) is 17.0. The van der Waals surface area contributed by atoms with Gasteiger partial charge >= 0.3 is 0 Å². The highest BCUT2D eigenvalue weighted by Crippen LogP contribution is 2.24. The lowest BCUT2D eigenvalue weighted by Crippen LogP contribution is -2.20. The van der Waals surface area contributed by atoms with E-state index < -0.39 is 12.5 Å². The van der Waals surface area contributed by atoms with Crippen molar-refractivity contribution >= 4 is 22.8 Å². The number of rotatable bonds is 5. The molecule has 0 aliphatic carbocycles. The molecule has 4 aromatic rings. The van der Waals surface area contributed by atoms with E-state index in [0.29, 0.717) is 22.7 Å². The largest absolute Gasteiger partial charge is 0.309 e. The number of aromatic nitrogens is 7. The molecule has 3 heterocycles.